The predicted octanol–water partition coefficient (Wildman–Crippen LogP) is -1.59. The summed E-state index contributed by atoms with van der Waals surface area (Å²) in [5, 5.41) is 25.0. The third-order valence-corrected chi connectivity index (χ3v) is 1.62. The number of hydrogen-bond acceptors (Lipinski definition) is 4. The van der Waals surface area contributed by atoms with Crippen LogP contribution in [-0.2, 0) is 0 Å². The molecular weight excluding hydrogens is 157 g/mol. The molecule has 0 aliphatic carbocycles. The molecule has 0 aliphatic rings. The molecule has 0 unspecified atom stereocenters. The maximum absolute atomic E-state index is 8.81. The van der Waals surface area contributed by atoms with Crippen molar-refractivity contribution >= 4 is 18.1 Å². The van der Waals surface area contributed by atoms with Crippen molar-refractivity contribution in [2.75, 3.05) is 0 Å². The molecule has 0 saturated carbocycles. The van der Waals surface area contributed by atoms with E-state index in [1.807, 2.05) is 0 Å². The second-order valence-electron chi connectivity index (χ2n) is 2.44. The molecule has 2 aromatic rings. The zero-order valence-electron chi connectivity index (χ0n) is 6.12. The lowest BCUT2D eigenvalue weighted by Crippen LogP contribution is -2.30. The molecule has 0 spiro atoms. The second kappa shape index (κ2) is 2.58. The summed E-state index contributed by atoms with van der Waals surface area (Å²) in [5.41, 5.74) is 1.22. The average Bonchev–Trinajstić information content (AvgIpc) is 2.49. The van der Waals surface area contributed by atoms with Gasteiger partial charge in [0, 0.05) is 11.7 Å². The highest BCUT2D eigenvalue weighted by molar-refractivity contribution is 6.58. The average molecular weight is 163 g/mol. The molecule has 0 saturated heterocycles. The van der Waals surface area contributed by atoms with Crippen LogP contribution in [0.5, 0.6) is 0 Å². The smallest absolute Gasteiger partial charge is 0.423 e. The molecular formula is C6H6BN3O2. The molecule has 60 valence electrons. The van der Waals surface area contributed by atoms with Crippen molar-refractivity contribution in [3.63, 3.8) is 0 Å². The molecule has 0 fully saturated rings. The topological polar surface area (TPSA) is 70.7 Å². The highest BCUT2D eigenvalue weighted by atomic mass is 16.4. The zero-order valence-corrected chi connectivity index (χ0v) is 6.12. The van der Waals surface area contributed by atoms with Crippen LogP contribution in [-0.4, -0.2) is 32.0 Å². The quantitative estimate of drug-likeness (QED) is 0.497. The van der Waals surface area contributed by atoms with Crippen LogP contribution in [0.15, 0.2) is 24.5 Å². The first-order chi connectivity index (χ1) is 5.77. The normalized spacial score (nSPS) is 10.5. The van der Waals surface area contributed by atoms with Crippen molar-refractivity contribution in [1.82, 2.24) is 14.8 Å². The SMILES string of the molecule is OB(O)c1ccc2cnnn2c1. The van der Waals surface area contributed by atoms with Gasteiger partial charge in [0.05, 0.1) is 11.7 Å². The van der Waals surface area contributed by atoms with Crippen molar-refractivity contribution in [1.29, 1.82) is 0 Å². The molecule has 2 aromatic heterocycles. The van der Waals surface area contributed by atoms with Gasteiger partial charge in [-0.3, -0.25) is 0 Å². The molecule has 0 amide bonds. The molecule has 2 heterocycles. The fraction of sp³-hybridized carbons (Fsp3) is 0. The standard InChI is InChI=1S/C6H6BN3O2/c11-7(12)5-1-2-6-3-8-9-10(6)4-5/h1-4,11-12H. The van der Waals surface area contributed by atoms with E-state index in [9.17, 15) is 0 Å². The molecule has 0 atom stereocenters. The molecule has 2 N–H and O–H groups in total. The van der Waals surface area contributed by atoms with Crippen molar-refractivity contribution in [3.8, 4) is 0 Å². The van der Waals surface area contributed by atoms with E-state index in [4.69, 9.17) is 10.0 Å². The molecule has 12 heavy (non-hydrogen) atoms. The minimum Gasteiger partial charge on any atom is -0.423 e. The van der Waals surface area contributed by atoms with E-state index in [-0.39, 0.29) is 0 Å². The van der Waals surface area contributed by atoms with E-state index in [1.54, 1.807) is 18.3 Å². The second-order valence-corrected chi connectivity index (χ2v) is 2.44. The monoisotopic (exact) mass is 163 g/mol. The van der Waals surface area contributed by atoms with Gasteiger partial charge in [0.2, 0.25) is 0 Å². The molecule has 0 bridgehead atoms. The van der Waals surface area contributed by atoms with Gasteiger partial charge in [-0.1, -0.05) is 11.3 Å². The van der Waals surface area contributed by atoms with Crippen LogP contribution in [0.3, 0.4) is 0 Å². The zero-order chi connectivity index (χ0) is 8.55. The largest absolute Gasteiger partial charge is 0.490 e. The lowest BCUT2D eigenvalue weighted by atomic mass is 9.82. The van der Waals surface area contributed by atoms with Gasteiger partial charge in [0.15, 0.2) is 0 Å². The molecule has 0 aliphatic heterocycles. The summed E-state index contributed by atoms with van der Waals surface area (Å²) in [7, 11) is -1.46. The van der Waals surface area contributed by atoms with Gasteiger partial charge in [-0.2, -0.15) is 0 Å². The van der Waals surface area contributed by atoms with E-state index >= 15 is 0 Å². The lowest BCUT2D eigenvalue weighted by molar-refractivity contribution is 0.425. The number of hydrogen-bond donors (Lipinski definition) is 2. The van der Waals surface area contributed by atoms with Crippen LogP contribution in [0.1, 0.15) is 0 Å². The van der Waals surface area contributed by atoms with E-state index in [0.717, 1.165) is 5.52 Å². The summed E-state index contributed by atoms with van der Waals surface area (Å²) >= 11 is 0. The summed E-state index contributed by atoms with van der Waals surface area (Å²) < 4.78 is 1.48. The van der Waals surface area contributed by atoms with Gasteiger partial charge in [-0.05, 0) is 6.07 Å². The first kappa shape index (κ1) is 7.26. The fourth-order valence-electron chi connectivity index (χ4n) is 0.990. The number of rotatable bonds is 1. The Hall–Kier alpha value is -1.40. The van der Waals surface area contributed by atoms with Gasteiger partial charge in [-0.15, -0.1) is 5.10 Å². The Labute approximate surface area is 68.4 Å². The summed E-state index contributed by atoms with van der Waals surface area (Å²) in [5.74, 6) is 0. The van der Waals surface area contributed by atoms with Crippen LogP contribution in [0, 0.1) is 0 Å². The Morgan fingerprint density at radius 2 is 2.17 bits per heavy atom. The third kappa shape index (κ3) is 1.07. The maximum atomic E-state index is 8.81. The van der Waals surface area contributed by atoms with Crippen LogP contribution in [0.4, 0.5) is 0 Å². The first-order valence-electron chi connectivity index (χ1n) is 3.43. The summed E-state index contributed by atoms with van der Waals surface area (Å²) in [4.78, 5) is 0. The maximum Gasteiger partial charge on any atom is 0.490 e. The van der Waals surface area contributed by atoms with Gasteiger partial charge in [0.25, 0.3) is 0 Å². The van der Waals surface area contributed by atoms with Crippen LogP contribution < -0.4 is 5.46 Å². The number of aromatic nitrogens is 3. The van der Waals surface area contributed by atoms with Crippen molar-refractivity contribution in [3.05, 3.63) is 24.5 Å². The molecule has 0 radical (unpaired) electrons. The number of nitrogens with zero attached hydrogens (tertiary/aromatic N) is 3. The Kier molecular flexibility index (Phi) is 1.56. The minimum absolute atomic E-state index is 0.396. The Balaban J connectivity index is 2.60. The predicted molar refractivity (Wildman–Crippen MR) is 42.8 cm³/mol. The fourth-order valence-corrected chi connectivity index (χ4v) is 0.990. The van der Waals surface area contributed by atoms with Crippen molar-refractivity contribution in [2.45, 2.75) is 0 Å². The lowest BCUT2D eigenvalue weighted by Gasteiger charge is -1.98. The van der Waals surface area contributed by atoms with Crippen LogP contribution in [0.25, 0.3) is 5.52 Å². The van der Waals surface area contributed by atoms with Crippen molar-refractivity contribution in [2.24, 2.45) is 0 Å². The van der Waals surface area contributed by atoms with Gasteiger partial charge in [-0.25, -0.2) is 4.52 Å². The Morgan fingerprint density at radius 3 is 2.92 bits per heavy atom. The van der Waals surface area contributed by atoms with E-state index in [0.29, 0.717) is 5.46 Å². The molecule has 6 heteroatoms. The van der Waals surface area contributed by atoms with E-state index < -0.39 is 7.12 Å². The highest BCUT2D eigenvalue weighted by Gasteiger charge is 2.10. The molecule has 2 rings (SSSR count). The summed E-state index contributed by atoms with van der Waals surface area (Å²) in [6.45, 7) is 0. The Bertz CT molecular complexity index is 400. The van der Waals surface area contributed by atoms with E-state index in [1.165, 1.54) is 10.7 Å². The third-order valence-electron chi connectivity index (χ3n) is 1.62. The molecule has 0 aromatic carbocycles. The summed E-state index contributed by atoms with van der Waals surface area (Å²) in [6.07, 6.45) is 3.11. The highest BCUT2D eigenvalue weighted by Crippen LogP contribution is 1.95. The van der Waals surface area contributed by atoms with E-state index in [2.05, 4.69) is 10.3 Å². The first-order valence-corrected chi connectivity index (χ1v) is 3.43. The number of pyridine rings is 1. The Morgan fingerprint density at radius 1 is 1.33 bits per heavy atom. The van der Waals surface area contributed by atoms with Crippen molar-refractivity contribution < 1.29 is 10.0 Å². The van der Waals surface area contributed by atoms with Gasteiger partial charge in [0.1, 0.15) is 0 Å². The molecule has 5 nitrogen and oxygen atoms in total. The van der Waals surface area contributed by atoms with Gasteiger partial charge >= 0.3 is 7.12 Å². The van der Waals surface area contributed by atoms with Crippen LogP contribution in [0.2, 0.25) is 0 Å². The van der Waals surface area contributed by atoms with Crippen LogP contribution >= 0.6 is 0 Å². The minimum atomic E-state index is -1.46. The van der Waals surface area contributed by atoms with Gasteiger partial charge < -0.3 is 10.0 Å². The summed E-state index contributed by atoms with van der Waals surface area (Å²) in [6, 6.07) is 3.33. The number of fused-ring (bicyclic) bond motifs is 1.